The lowest BCUT2D eigenvalue weighted by Gasteiger charge is -2.28. The van der Waals surface area contributed by atoms with Gasteiger partial charge in [-0.1, -0.05) is 41.4 Å². The fourth-order valence-electron chi connectivity index (χ4n) is 4.25. The molecule has 0 spiro atoms. The molecule has 0 bridgehead atoms. The summed E-state index contributed by atoms with van der Waals surface area (Å²) in [7, 11) is 0. The number of terminal acetylenes is 1. The Morgan fingerprint density at radius 3 is 2.67 bits per heavy atom. The van der Waals surface area contributed by atoms with Crippen LogP contribution in [0.5, 0.6) is 0 Å². The largest absolute Gasteiger partial charge is 0.468 e. The van der Waals surface area contributed by atoms with Gasteiger partial charge in [-0.15, -0.1) is 6.42 Å². The van der Waals surface area contributed by atoms with Crippen molar-refractivity contribution in [3.05, 3.63) is 60.1 Å². The van der Waals surface area contributed by atoms with Crippen molar-refractivity contribution in [1.29, 1.82) is 0 Å². The maximum absolute atomic E-state index is 10.6. The first kappa shape index (κ1) is 23.1. The van der Waals surface area contributed by atoms with Gasteiger partial charge < -0.3 is 23.7 Å². The van der Waals surface area contributed by atoms with E-state index in [4.69, 9.17) is 20.1 Å². The second kappa shape index (κ2) is 11.7. The number of anilines is 1. The zero-order chi connectivity index (χ0) is 22.9. The third kappa shape index (κ3) is 6.26. The summed E-state index contributed by atoms with van der Waals surface area (Å²) >= 11 is 0. The number of aliphatic hydroxyl groups is 1. The van der Waals surface area contributed by atoms with E-state index in [1.165, 1.54) is 6.42 Å². The summed E-state index contributed by atoms with van der Waals surface area (Å²) in [6, 6.07) is 13.9. The Bertz CT molecular complexity index is 1000. The van der Waals surface area contributed by atoms with Crippen molar-refractivity contribution in [1.82, 2.24) is 10.1 Å². The molecule has 1 N–H and O–H groups in total. The van der Waals surface area contributed by atoms with Crippen molar-refractivity contribution in [2.75, 3.05) is 37.7 Å². The van der Waals surface area contributed by atoms with Gasteiger partial charge in [0.2, 0.25) is 5.88 Å². The standard InChI is InChI=1S/C26H31N3O4/c1-2-15-31-20-22(30)17-28(18-23-12-9-16-32-23)19-24-25(21-10-5-3-6-11-21)27-33-26(24)29-13-7-4-8-14-29/h1,3,5-6,9-12,16,22,30H,4,7-8,13-15,17-20H2. The second-order valence-electron chi connectivity index (χ2n) is 8.35. The second-order valence-corrected chi connectivity index (χ2v) is 8.35. The van der Waals surface area contributed by atoms with Gasteiger partial charge in [0.1, 0.15) is 18.1 Å². The Balaban J connectivity index is 1.61. The van der Waals surface area contributed by atoms with Gasteiger partial charge in [0, 0.05) is 31.7 Å². The molecule has 1 fully saturated rings. The van der Waals surface area contributed by atoms with E-state index in [1.54, 1.807) is 6.26 Å². The summed E-state index contributed by atoms with van der Waals surface area (Å²) in [5, 5.41) is 15.1. The number of aliphatic hydroxyl groups excluding tert-OH is 1. The van der Waals surface area contributed by atoms with E-state index >= 15 is 0 Å². The van der Waals surface area contributed by atoms with Crippen molar-refractivity contribution in [2.45, 2.75) is 38.5 Å². The monoisotopic (exact) mass is 449 g/mol. The molecular weight excluding hydrogens is 418 g/mol. The summed E-state index contributed by atoms with van der Waals surface area (Å²) in [5.41, 5.74) is 2.86. The molecule has 4 rings (SSSR count). The Morgan fingerprint density at radius 1 is 1.12 bits per heavy atom. The third-order valence-electron chi connectivity index (χ3n) is 5.76. The Hall–Kier alpha value is -3.05. The highest BCUT2D eigenvalue weighted by molar-refractivity contribution is 5.68. The minimum atomic E-state index is -0.688. The predicted molar refractivity (Wildman–Crippen MR) is 126 cm³/mol. The number of nitrogens with zero attached hydrogens (tertiary/aromatic N) is 3. The maximum Gasteiger partial charge on any atom is 0.232 e. The summed E-state index contributed by atoms with van der Waals surface area (Å²) in [5.74, 6) is 4.07. The number of piperidine rings is 1. The first-order chi connectivity index (χ1) is 16.2. The van der Waals surface area contributed by atoms with E-state index < -0.39 is 6.10 Å². The molecule has 2 aromatic heterocycles. The highest BCUT2D eigenvalue weighted by Gasteiger charge is 2.26. The van der Waals surface area contributed by atoms with Crippen molar-refractivity contribution in [3.63, 3.8) is 0 Å². The van der Waals surface area contributed by atoms with Crippen LogP contribution in [-0.2, 0) is 17.8 Å². The van der Waals surface area contributed by atoms with E-state index in [9.17, 15) is 5.11 Å². The molecule has 1 aliphatic rings. The highest BCUT2D eigenvalue weighted by Crippen LogP contribution is 2.34. The Labute approximate surface area is 194 Å². The maximum atomic E-state index is 10.6. The molecule has 0 amide bonds. The molecule has 0 saturated carbocycles. The average Bonchev–Trinajstić information content (AvgIpc) is 3.50. The molecule has 1 aromatic carbocycles. The van der Waals surface area contributed by atoms with Crippen LogP contribution >= 0.6 is 0 Å². The molecule has 3 aromatic rings. The highest BCUT2D eigenvalue weighted by atomic mass is 16.5. The van der Waals surface area contributed by atoms with Crippen molar-refractivity contribution >= 4 is 5.88 Å². The van der Waals surface area contributed by atoms with Gasteiger partial charge in [0.05, 0.1) is 31.1 Å². The summed E-state index contributed by atoms with van der Waals surface area (Å²) in [6.07, 6.45) is 9.75. The first-order valence-electron chi connectivity index (χ1n) is 11.5. The number of furan rings is 1. The molecule has 1 unspecified atom stereocenters. The summed E-state index contributed by atoms with van der Waals surface area (Å²) in [4.78, 5) is 4.42. The zero-order valence-electron chi connectivity index (χ0n) is 18.9. The molecule has 0 aliphatic carbocycles. The van der Waals surface area contributed by atoms with Crippen LogP contribution in [0.3, 0.4) is 0 Å². The van der Waals surface area contributed by atoms with Crippen LogP contribution in [0, 0.1) is 12.3 Å². The molecule has 1 atom stereocenters. The van der Waals surface area contributed by atoms with Crippen molar-refractivity contribution in [2.24, 2.45) is 0 Å². The van der Waals surface area contributed by atoms with E-state index in [0.29, 0.717) is 19.6 Å². The lowest BCUT2D eigenvalue weighted by atomic mass is 10.1. The quantitative estimate of drug-likeness (QED) is 0.351. The van der Waals surface area contributed by atoms with Gasteiger partial charge in [0.15, 0.2) is 0 Å². The molecule has 7 heteroatoms. The minimum absolute atomic E-state index is 0.174. The van der Waals surface area contributed by atoms with E-state index in [0.717, 1.165) is 54.4 Å². The molecule has 7 nitrogen and oxygen atoms in total. The van der Waals surface area contributed by atoms with Gasteiger partial charge in [-0.3, -0.25) is 4.90 Å². The molecule has 3 heterocycles. The number of rotatable bonds is 11. The first-order valence-corrected chi connectivity index (χ1v) is 11.5. The molecule has 174 valence electrons. The lowest BCUT2D eigenvalue weighted by Crippen LogP contribution is -2.35. The van der Waals surface area contributed by atoms with E-state index in [2.05, 4.69) is 20.9 Å². The predicted octanol–water partition coefficient (Wildman–Crippen LogP) is 3.94. The zero-order valence-corrected chi connectivity index (χ0v) is 18.9. The number of aromatic nitrogens is 1. The number of ether oxygens (including phenoxy) is 1. The van der Waals surface area contributed by atoms with Crippen molar-refractivity contribution in [3.8, 4) is 23.6 Å². The van der Waals surface area contributed by atoms with Gasteiger partial charge in [-0.25, -0.2) is 0 Å². The van der Waals surface area contributed by atoms with Crippen LogP contribution in [0.25, 0.3) is 11.3 Å². The smallest absolute Gasteiger partial charge is 0.232 e. The molecular formula is C26H31N3O4. The molecule has 0 radical (unpaired) electrons. The van der Waals surface area contributed by atoms with Crippen LogP contribution in [0.4, 0.5) is 5.88 Å². The number of hydrogen-bond acceptors (Lipinski definition) is 7. The minimum Gasteiger partial charge on any atom is -0.468 e. The van der Waals surface area contributed by atoms with Gasteiger partial charge in [0.25, 0.3) is 0 Å². The fraction of sp³-hybridized carbons (Fsp3) is 0.423. The lowest BCUT2D eigenvalue weighted by molar-refractivity contribution is 0.0230. The Kier molecular flexibility index (Phi) is 8.20. The van der Waals surface area contributed by atoms with Crippen LogP contribution in [0.2, 0.25) is 0 Å². The summed E-state index contributed by atoms with van der Waals surface area (Å²) < 4.78 is 16.9. The van der Waals surface area contributed by atoms with E-state index in [1.807, 2.05) is 42.5 Å². The van der Waals surface area contributed by atoms with E-state index in [-0.39, 0.29) is 13.2 Å². The van der Waals surface area contributed by atoms with Gasteiger partial charge in [-0.2, -0.15) is 0 Å². The van der Waals surface area contributed by atoms with Crippen LogP contribution in [0.1, 0.15) is 30.6 Å². The number of benzene rings is 1. The van der Waals surface area contributed by atoms with Crippen LogP contribution in [0.15, 0.2) is 57.7 Å². The Morgan fingerprint density at radius 2 is 1.94 bits per heavy atom. The molecule has 1 aliphatic heterocycles. The fourth-order valence-corrected chi connectivity index (χ4v) is 4.25. The van der Waals surface area contributed by atoms with Gasteiger partial charge >= 0.3 is 0 Å². The normalized spacial score (nSPS) is 15.0. The topological polar surface area (TPSA) is 75.1 Å². The van der Waals surface area contributed by atoms with Crippen LogP contribution in [-0.4, -0.2) is 54.1 Å². The van der Waals surface area contributed by atoms with Crippen LogP contribution < -0.4 is 4.90 Å². The third-order valence-corrected chi connectivity index (χ3v) is 5.76. The molecule has 33 heavy (non-hydrogen) atoms. The molecule has 1 saturated heterocycles. The SMILES string of the molecule is C#CCOCC(O)CN(Cc1ccco1)Cc1c(-c2ccccc2)noc1N1CCCCC1. The summed E-state index contributed by atoms with van der Waals surface area (Å²) in [6.45, 7) is 3.74. The van der Waals surface area contributed by atoms with Crippen molar-refractivity contribution < 1.29 is 18.8 Å². The average molecular weight is 450 g/mol. The van der Waals surface area contributed by atoms with Gasteiger partial charge in [-0.05, 0) is 31.4 Å². The number of hydrogen-bond donors (Lipinski definition) is 1.